The van der Waals surface area contributed by atoms with E-state index in [0.29, 0.717) is 19.4 Å². The lowest BCUT2D eigenvalue weighted by Crippen LogP contribution is -2.48. The lowest BCUT2D eigenvalue weighted by molar-refractivity contribution is -0.152. The van der Waals surface area contributed by atoms with Crippen LogP contribution in [0.2, 0.25) is 0 Å². The SMILES string of the molecule is C[C@H](CC(=O)N1CCCC[C@@H]1C(=O)O)c1ccccc1. The molecule has 0 spiro atoms. The highest BCUT2D eigenvalue weighted by Crippen LogP contribution is 2.23. The number of hydrogen-bond donors (Lipinski definition) is 1. The van der Waals surface area contributed by atoms with Crippen LogP contribution in [0.1, 0.15) is 44.1 Å². The topological polar surface area (TPSA) is 57.6 Å². The highest BCUT2D eigenvalue weighted by Gasteiger charge is 2.32. The van der Waals surface area contributed by atoms with Crippen LogP contribution in [0.5, 0.6) is 0 Å². The van der Waals surface area contributed by atoms with E-state index < -0.39 is 12.0 Å². The van der Waals surface area contributed by atoms with E-state index in [9.17, 15) is 14.7 Å². The number of rotatable bonds is 4. The van der Waals surface area contributed by atoms with Crippen LogP contribution in [0.4, 0.5) is 0 Å². The number of aliphatic carboxylic acids is 1. The molecular weight excluding hydrogens is 254 g/mol. The predicted molar refractivity (Wildman–Crippen MR) is 76.5 cm³/mol. The van der Waals surface area contributed by atoms with Crippen molar-refractivity contribution in [2.24, 2.45) is 0 Å². The molecular formula is C16H21NO3. The Kier molecular flexibility index (Phi) is 4.77. The quantitative estimate of drug-likeness (QED) is 0.919. The molecule has 1 heterocycles. The molecule has 0 aromatic heterocycles. The number of amides is 1. The first-order chi connectivity index (χ1) is 9.59. The summed E-state index contributed by atoms with van der Waals surface area (Å²) >= 11 is 0. The summed E-state index contributed by atoms with van der Waals surface area (Å²) < 4.78 is 0. The van der Waals surface area contributed by atoms with Crippen LogP contribution < -0.4 is 0 Å². The Bertz CT molecular complexity index is 472. The number of piperidine rings is 1. The van der Waals surface area contributed by atoms with Crippen LogP contribution in [0.25, 0.3) is 0 Å². The fourth-order valence-corrected chi connectivity index (χ4v) is 2.77. The second kappa shape index (κ2) is 6.55. The zero-order valence-corrected chi connectivity index (χ0v) is 11.8. The van der Waals surface area contributed by atoms with Crippen molar-refractivity contribution < 1.29 is 14.7 Å². The molecule has 1 saturated heterocycles. The van der Waals surface area contributed by atoms with Gasteiger partial charge < -0.3 is 10.0 Å². The van der Waals surface area contributed by atoms with E-state index in [0.717, 1.165) is 18.4 Å². The fraction of sp³-hybridized carbons (Fsp3) is 0.500. The number of carboxylic acid groups (broad SMARTS) is 1. The number of likely N-dealkylation sites (tertiary alicyclic amines) is 1. The minimum atomic E-state index is -0.884. The largest absolute Gasteiger partial charge is 0.480 e. The molecule has 1 N–H and O–H groups in total. The molecule has 0 aliphatic carbocycles. The van der Waals surface area contributed by atoms with Gasteiger partial charge in [-0.15, -0.1) is 0 Å². The second-order valence-corrected chi connectivity index (χ2v) is 5.45. The summed E-state index contributed by atoms with van der Waals surface area (Å²) in [5.74, 6) is -0.820. The Morgan fingerprint density at radius 2 is 2.00 bits per heavy atom. The molecule has 0 radical (unpaired) electrons. The molecule has 1 aromatic carbocycles. The first-order valence-corrected chi connectivity index (χ1v) is 7.17. The Balaban J connectivity index is 2.01. The average molecular weight is 275 g/mol. The van der Waals surface area contributed by atoms with Crippen molar-refractivity contribution in [1.82, 2.24) is 4.90 Å². The molecule has 1 aromatic rings. The number of nitrogens with zero attached hydrogens (tertiary/aromatic N) is 1. The molecule has 20 heavy (non-hydrogen) atoms. The monoisotopic (exact) mass is 275 g/mol. The molecule has 1 aliphatic rings. The Morgan fingerprint density at radius 1 is 1.30 bits per heavy atom. The minimum absolute atomic E-state index is 0.0477. The number of carboxylic acids is 1. The lowest BCUT2D eigenvalue weighted by Gasteiger charge is -2.33. The maximum absolute atomic E-state index is 12.4. The molecule has 2 atom stereocenters. The fourth-order valence-electron chi connectivity index (χ4n) is 2.77. The van der Waals surface area contributed by atoms with Crippen molar-refractivity contribution in [3.8, 4) is 0 Å². The van der Waals surface area contributed by atoms with Crippen molar-refractivity contribution in [2.45, 2.75) is 44.6 Å². The standard InChI is InChI=1S/C16H21NO3/c1-12(13-7-3-2-4-8-13)11-15(18)17-10-6-5-9-14(17)16(19)20/h2-4,7-8,12,14H,5-6,9-11H2,1H3,(H,19,20)/t12-,14-/m1/s1. The maximum atomic E-state index is 12.4. The van der Waals surface area contributed by atoms with Crippen LogP contribution in [-0.2, 0) is 9.59 Å². The predicted octanol–water partition coefficient (Wildman–Crippen LogP) is 2.65. The van der Waals surface area contributed by atoms with Gasteiger partial charge in [-0.05, 0) is 30.7 Å². The molecule has 4 nitrogen and oxygen atoms in total. The van der Waals surface area contributed by atoms with Crippen molar-refractivity contribution in [1.29, 1.82) is 0 Å². The highest BCUT2D eigenvalue weighted by molar-refractivity contribution is 5.84. The third kappa shape index (κ3) is 3.38. The van der Waals surface area contributed by atoms with Crippen LogP contribution in [0, 0.1) is 0 Å². The highest BCUT2D eigenvalue weighted by atomic mass is 16.4. The Labute approximate surface area is 119 Å². The average Bonchev–Trinajstić information content (AvgIpc) is 2.48. The van der Waals surface area contributed by atoms with Gasteiger partial charge in [0.25, 0.3) is 0 Å². The van der Waals surface area contributed by atoms with Crippen molar-refractivity contribution >= 4 is 11.9 Å². The molecule has 1 aliphatic heterocycles. The van der Waals surface area contributed by atoms with Gasteiger partial charge >= 0.3 is 5.97 Å². The summed E-state index contributed by atoms with van der Waals surface area (Å²) in [5.41, 5.74) is 1.12. The van der Waals surface area contributed by atoms with Crippen LogP contribution in [0.15, 0.2) is 30.3 Å². The lowest BCUT2D eigenvalue weighted by atomic mass is 9.95. The second-order valence-electron chi connectivity index (χ2n) is 5.45. The van der Waals surface area contributed by atoms with E-state index in [4.69, 9.17) is 0 Å². The molecule has 0 bridgehead atoms. The zero-order valence-electron chi connectivity index (χ0n) is 11.8. The van der Waals surface area contributed by atoms with Gasteiger partial charge in [0.05, 0.1) is 0 Å². The molecule has 1 amide bonds. The zero-order chi connectivity index (χ0) is 14.5. The molecule has 4 heteroatoms. The molecule has 0 unspecified atom stereocenters. The number of hydrogen-bond acceptors (Lipinski definition) is 2. The van der Waals surface area contributed by atoms with E-state index in [1.54, 1.807) is 4.90 Å². The van der Waals surface area contributed by atoms with Gasteiger partial charge in [0.2, 0.25) is 5.91 Å². The van der Waals surface area contributed by atoms with Crippen LogP contribution in [-0.4, -0.2) is 34.5 Å². The van der Waals surface area contributed by atoms with Crippen LogP contribution >= 0.6 is 0 Å². The van der Waals surface area contributed by atoms with Gasteiger partial charge in [0.1, 0.15) is 6.04 Å². The number of carbonyl (C=O) groups is 2. The molecule has 2 rings (SSSR count). The van der Waals surface area contributed by atoms with Gasteiger partial charge in [-0.25, -0.2) is 4.79 Å². The van der Waals surface area contributed by atoms with E-state index in [2.05, 4.69) is 0 Å². The van der Waals surface area contributed by atoms with Crippen molar-refractivity contribution in [2.75, 3.05) is 6.54 Å². The van der Waals surface area contributed by atoms with Crippen molar-refractivity contribution in [3.05, 3.63) is 35.9 Å². The summed E-state index contributed by atoms with van der Waals surface area (Å²) in [6.45, 7) is 2.57. The molecule has 1 fully saturated rings. The number of benzene rings is 1. The van der Waals surface area contributed by atoms with E-state index >= 15 is 0 Å². The minimum Gasteiger partial charge on any atom is -0.480 e. The molecule has 0 saturated carbocycles. The maximum Gasteiger partial charge on any atom is 0.326 e. The summed E-state index contributed by atoms with van der Waals surface area (Å²) in [6, 6.07) is 9.22. The first kappa shape index (κ1) is 14.6. The van der Waals surface area contributed by atoms with Gasteiger partial charge in [-0.3, -0.25) is 4.79 Å². The summed E-state index contributed by atoms with van der Waals surface area (Å²) in [4.78, 5) is 25.1. The van der Waals surface area contributed by atoms with Crippen LogP contribution in [0.3, 0.4) is 0 Å². The normalized spacial score (nSPS) is 20.4. The van der Waals surface area contributed by atoms with Gasteiger partial charge in [0.15, 0.2) is 0 Å². The summed E-state index contributed by atoms with van der Waals surface area (Å²) in [6.07, 6.45) is 2.72. The Hall–Kier alpha value is -1.84. The van der Waals surface area contributed by atoms with E-state index in [1.807, 2.05) is 37.3 Å². The molecule has 108 valence electrons. The van der Waals surface area contributed by atoms with Gasteiger partial charge in [-0.2, -0.15) is 0 Å². The number of carbonyl (C=O) groups excluding carboxylic acids is 1. The first-order valence-electron chi connectivity index (χ1n) is 7.17. The third-order valence-electron chi connectivity index (χ3n) is 3.96. The summed E-state index contributed by atoms with van der Waals surface area (Å²) in [5, 5.41) is 9.21. The van der Waals surface area contributed by atoms with Gasteiger partial charge in [0, 0.05) is 13.0 Å². The van der Waals surface area contributed by atoms with Gasteiger partial charge in [-0.1, -0.05) is 37.3 Å². The smallest absolute Gasteiger partial charge is 0.326 e. The summed E-state index contributed by atoms with van der Waals surface area (Å²) in [7, 11) is 0. The van der Waals surface area contributed by atoms with E-state index in [-0.39, 0.29) is 11.8 Å². The van der Waals surface area contributed by atoms with E-state index in [1.165, 1.54) is 0 Å². The van der Waals surface area contributed by atoms with Crippen molar-refractivity contribution in [3.63, 3.8) is 0 Å². The Morgan fingerprint density at radius 3 is 2.65 bits per heavy atom. The third-order valence-corrected chi connectivity index (χ3v) is 3.96.